The summed E-state index contributed by atoms with van der Waals surface area (Å²) < 4.78 is 11.7. The van der Waals surface area contributed by atoms with Gasteiger partial charge in [-0.25, -0.2) is 4.79 Å². The topological polar surface area (TPSA) is 84.9 Å². The molecule has 4 rings (SSSR count). The second-order valence-electron chi connectivity index (χ2n) is 9.08. The first-order valence-electron chi connectivity index (χ1n) is 12.0. The summed E-state index contributed by atoms with van der Waals surface area (Å²) in [5.74, 6) is 0.119. The van der Waals surface area contributed by atoms with Gasteiger partial charge in [-0.1, -0.05) is 43.3 Å². The van der Waals surface area contributed by atoms with Crippen LogP contribution in [-0.4, -0.2) is 41.8 Å². The third-order valence-corrected chi connectivity index (χ3v) is 7.08. The molecule has 1 saturated carbocycles. The first kappa shape index (κ1) is 26.0. The fraction of sp³-hybridized carbons (Fsp3) is 0.481. The van der Waals surface area contributed by atoms with Crippen LogP contribution >= 0.6 is 12.4 Å². The van der Waals surface area contributed by atoms with Gasteiger partial charge in [-0.15, -0.1) is 12.4 Å². The lowest BCUT2D eigenvalue weighted by Gasteiger charge is -2.46. The maximum Gasteiger partial charge on any atom is 0.341 e. The van der Waals surface area contributed by atoms with E-state index in [1.165, 1.54) is 0 Å². The minimum absolute atomic E-state index is 0. The molecule has 0 spiro atoms. The van der Waals surface area contributed by atoms with E-state index in [0.717, 1.165) is 36.8 Å². The number of nitrogens with one attached hydrogen (secondary N) is 1. The smallest absolute Gasteiger partial charge is 0.341 e. The molecule has 2 aromatic carbocycles. The van der Waals surface area contributed by atoms with E-state index in [0.29, 0.717) is 36.2 Å². The predicted molar refractivity (Wildman–Crippen MR) is 134 cm³/mol. The molecule has 184 valence electrons. The molecule has 1 saturated heterocycles. The first-order chi connectivity index (χ1) is 16.0. The van der Waals surface area contributed by atoms with E-state index in [1.807, 2.05) is 42.5 Å². The summed E-state index contributed by atoms with van der Waals surface area (Å²) in [6, 6.07) is 15.3. The molecule has 7 heteroatoms. The zero-order chi connectivity index (χ0) is 23.4. The van der Waals surface area contributed by atoms with E-state index in [9.17, 15) is 14.7 Å². The van der Waals surface area contributed by atoms with Crippen molar-refractivity contribution in [2.45, 2.75) is 64.1 Å². The lowest BCUT2D eigenvalue weighted by molar-refractivity contribution is -0.142. The van der Waals surface area contributed by atoms with Gasteiger partial charge in [-0.2, -0.15) is 0 Å². The van der Waals surface area contributed by atoms with E-state index < -0.39 is 12.0 Å². The van der Waals surface area contributed by atoms with E-state index in [4.69, 9.17) is 9.47 Å². The van der Waals surface area contributed by atoms with Gasteiger partial charge in [0.05, 0.1) is 12.7 Å². The van der Waals surface area contributed by atoms with Gasteiger partial charge in [-0.3, -0.25) is 4.79 Å². The van der Waals surface area contributed by atoms with E-state index in [2.05, 4.69) is 12.2 Å². The Morgan fingerprint density at radius 1 is 1.03 bits per heavy atom. The van der Waals surface area contributed by atoms with Crippen LogP contribution in [0, 0.1) is 11.8 Å². The standard InChI is InChI=1S/C27H33NO5.ClH/c1-3-23-21-13-11-20(14-19(21)15-24(28-23)26(29)30)33-25-16-18(17-8-6-5-7-9-17)10-12-22(25)27(31)32-4-2;/h5-10,12,16,19-21,23-24,28H,3-4,11,13-15H2,1-2H3,(H,29,30);1H/t19-,20+,21-,23?,24+;/m1./s1. The number of carboxylic acids is 1. The summed E-state index contributed by atoms with van der Waals surface area (Å²) in [6.45, 7) is 4.20. The van der Waals surface area contributed by atoms with Gasteiger partial charge in [-0.05, 0) is 74.1 Å². The zero-order valence-corrected chi connectivity index (χ0v) is 20.6. The van der Waals surface area contributed by atoms with Gasteiger partial charge in [0.1, 0.15) is 17.4 Å². The number of aliphatic carboxylic acids is 1. The molecule has 1 aliphatic heterocycles. The van der Waals surface area contributed by atoms with Crippen LogP contribution in [0.25, 0.3) is 11.1 Å². The summed E-state index contributed by atoms with van der Waals surface area (Å²) in [6.07, 6.45) is 4.14. The van der Waals surface area contributed by atoms with Gasteiger partial charge in [0.25, 0.3) is 0 Å². The number of fused-ring (bicyclic) bond motifs is 1. The average molecular weight is 488 g/mol. The number of esters is 1. The monoisotopic (exact) mass is 487 g/mol. The second kappa shape index (κ2) is 11.7. The fourth-order valence-corrected chi connectivity index (χ4v) is 5.48. The van der Waals surface area contributed by atoms with Gasteiger partial charge in [0, 0.05) is 6.04 Å². The highest BCUT2D eigenvalue weighted by Crippen LogP contribution is 2.41. The quantitative estimate of drug-likeness (QED) is 0.513. The Balaban J connectivity index is 0.00000324. The van der Waals surface area contributed by atoms with Gasteiger partial charge < -0.3 is 19.9 Å². The zero-order valence-electron chi connectivity index (χ0n) is 19.7. The number of carboxylic acid groups (broad SMARTS) is 1. The molecule has 34 heavy (non-hydrogen) atoms. The van der Waals surface area contributed by atoms with Crippen molar-refractivity contribution in [2.75, 3.05) is 6.61 Å². The molecule has 2 fully saturated rings. The Bertz CT molecular complexity index is 982. The molecule has 1 unspecified atom stereocenters. The molecule has 5 atom stereocenters. The normalized spacial score (nSPS) is 26.0. The Hall–Kier alpha value is -2.57. The van der Waals surface area contributed by atoms with Crippen molar-refractivity contribution in [3.8, 4) is 16.9 Å². The highest BCUT2D eigenvalue weighted by Gasteiger charge is 2.43. The number of rotatable bonds is 7. The fourth-order valence-electron chi connectivity index (χ4n) is 5.48. The largest absolute Gasteiger partial charge is 0.489 e. The van der Waals surface area contributed by atoms with Crippen molar-refractivity contribution < 1.29 is 24.2 Å². The predicted octanol–water partition coefficient (Wildman–Crippen LogP) is 5.34. The number of hydrogen-bond acceptors (Lipinski definition) is 5. The number of carbonyl (C=O) groups excluding carboxylic acids is 1. The van der Waals surface area contributed by atoms with Crippen LogP contribution < -0.4 is 10.1 Å². The minimum atomic E-state index is -0.782. The van der Waals surface area contributed by atoms with Gasteiger partial charge in [0.2, 0.25) is 0 Å². The third-order valence-electron chi connectivity index (χ3n) is 7.08. The van der Waals surface area contributed by atoms with Crippen molar-refractivity contribution in [1.29, 1.82) is 0 Å². The lowest BCUT2D eigenvalue weighted by Crippen LogP contribution is -2.56. The van der Waals surface area contributed by atoms with Crippen LogP contribution in [0.2, 0.25) is 0 Å². The molecule has 0 amide bonds. The highest BCUT2D eigenvalue weighted by molar-refractivity contribution is 5.93. The molecular weight excluding hydrogens is 454 g/mol. The minimum Gasteiger partial charge on any atom is -0.489 e. The van der Waals surface area contributed by atoms with Crippen molar-refractivity contribution in [3.63, 3.8) is 0 Å². The number of halogens is 1. The van der Waals surface area contributed by atoms with E-state index >= 15 is 0 Å². The Morgan fingerprint density at radius 2 is 1.79 bits per heavy atom. The Kier molecular flexibility index (Phi) is 8.97. The number of carbonyl (C=O) groups is 2. The number of ether oxygens (including phenoxy) is 2. The summed E-state index contributed by atoms with van der Waals surface area (Å²) >= 11 is 0. The van der Waals surface area contributed by atoms with E-state index in [1.54, 1.807) is 13.0 Å². The maximum absolute atomic E-state index is 12.6. The molecule has 0 radical (unpaired) electrons. The van der Waals surface area contributed by atoms with Crippen LogP contribution in [0.4, 0.5) is 0 Å². The number of benzene rings is 2. The summed E-state index contributed by atoms with van der Waals surface area (Å²) in [5.41, 5.74) is 2.46. The molecular formula is C27H34ClNO5. The van der Waals surface area contributed by atoms with Crippen LogP contribution in [0.1, 0.15) is 56.3 Å². The SMILES string of the molecule is CCOC(=O)c1ccc(-c2ccccc2)cc1O[C@H]1CC[C@H]2C(CC)N[C@H](C(=O)O)C[C@H]2C1.Cl. The van der Waals surface area contributed by atoms with Crippen LogP contribution in [0.5, 0.6) is 5.75 Å². The summed E-state index contributed by atoms with van der Waals surface area (Å²) in [7, 11) is 0. The summed E-state index contributed by atoms with van der Waals surface area (Å²) in [4.78, 5) is 24.3. The third kappa shape index (κ3) is 5.73. The number of piperidine rings is 1. The Labute approximate surface area is 207 Å². The van der Waals surface area contributed by atoms with Crippen LogP contribution in [0.3, 0.4) is 0 Å². The molecule has 2 N–H and O–H groups in total. The molecule has 2 aromatic rings. The molecule has 1 aliphatic carbocycles. The molecule has 6 nitrogen and oxygen atoms in total. The van der Waals surface area contributed by atoms with Gasteiger partial charge >= 0.3 is 11.9 Å². The van der Waals surface area contributed by atoms with Crippen molar-refractivity contribution in [1.82, 2.24) is 5.32 Å². The Morgan fingerprint density at radius 3 is 2.47 bits per heavy atom. The van der Waals surface area contributed by atoms with Gasteiger partial charge in [0.15, 0.2) is 0 Å². The highest BCUT2D eigenvalue weighted by atomic mass is 35.5. The molecule has 0 aromatic heterocycles. The summed E-state index contributed by atoms with van der Waals surface area (Å²) in [5, 5.41) is 12.9. The molecule has 1 heterocycles. The van der Waals surface area contributed by atoms with Crippen LogP contribution in [-0.2, 0) is 9.53 Å². The van der Waals surface area contributed by atoms with E-state index in [-0.39, 0.29) is 30.5 Å². The molecule has 0 bridgehead atoms. The lowest BCUT2D eigenvalue weighted by atomic mass is 9.68. The maximum atomic E-state index is 12.6. The van der Waals surface area contributed by atoms with Crippen LogP contribution in [0.15, 0.2) is 48.5 Å². The second-order valence-corrected chi connectivity index (χ2v) is 9.08. The first-order valence-corrected chi connectivity index (χ1v) is 12.0. The van der Waals surface area contributed by atoms with Crippen molar-refractivity contribution in [3.05, 3.63) is 54.1 Å². The molecule has 2 aliphatic rings. The average Bonchev–Trinajstić information content (AvgIpc) is 2.83. The van der Waals surface area contributed by atoms with Crippen molar-refractivity contribution in [2.24, 2.45) is 11.8 Å². The van der Waals surface area contributed by atoms with Crippen molar-refractivity contribution >= 4 is 24.3 Å². The number of hydrogen-bond donors (Lipinski definition) is 2.